The second-order valence-electron chi connectivity index (χ2n) is 11.3. The number of nitriles is 1. The molecule has 1 aliphatic heterocycles. The quantitative estimate of drug-likeness (QED) is 0.354. The number of piperidine rings is 1. The van der Waals surface area contributed by atoms with Gasteiger partial charge in [0.25, 0.3) is 0 Å². The number of sulfonamides is 1. The molecule has 3 aromatic rings. The van der Waals surface area contributed by atoms with Gasteiger partial charge in [0.05, 0.1) is 46.2 Å². The summed E-state index contributed by atoms with van der Waals surface area (Å²) in [6, 6.07) is 8.41. The van der Waals surface area contributed by atoms with Gasteiger partial charge in [-0.1, -0.05) is 17.7 Å². The van der Waals surface area contributed by atoms with Crippen LogP contribution in [0.1, 0.15) is 56.6 Å². The lowest BCUT2D eigenvalue weighted by atomic mass is 9.83. The molecule has 11 nitrogen and oxygen atoms in total. The van der Waals surface area contributed by atoms with Crippen LogP contribution in [-0.4, -0.2) is 74.6 Å². The molecule has 1 saturated heterocycles. The van der Waals surface area contributed by atoms with Gasteiger partial charge in [-0.05, 0) is 63.1 Å². The van der Waals surface area contributed by atoms with E-state index in [2.05, 4.69) is 31.8 Å². The summed E-state index contributed by atoms with van der Waals surface area (Å²) in [5, 5.41) is 31.7. The second-order valence-corrected chi connectivity index (χ2v) is 13.6. The molecule has 1 aliphatic carbocycles. The summed E-state index contributed by atoms with van der Waals surface area (Å²) in [5.74, 6) is 0.376. The number of nitrogens with zero attached hydrogens (tertiary/aromatic N) is 6. The fourth-order valence-corrected chi connectivity index (χ4v) is 6.56. The number of anilines is 1. The molecule has 2 aromatic heterocycles. The first kappa shape index (κ1) is 29.4. The number of aromatic nitrogens is 4. The Kier molecular flexibility index (Phi) is 8.63. The van der Waals surface area contributed by atoms with E-state index in [0.717, 1.165) is 31.2 Å². The highest BCUT2D eigenvalue weighted by Gasteiger charge is 2.28. The smallest absolute Gasteiger partial charge is 0.223 e. The number of hydrogen-bond acceptors (Lipinski definition) is 9. The van der Waals surface area contributed by atoms with Crippen molar-refractivity contribution in [3.8, 4) is 23.0 Å². The molecule has 0 atom stereocenters. The predicted molar refractivity (Wildman–Crippen MR) is 157 cm³/mol. The highest BCUT2D eigenvalue weighted by Crippen LogP contribution is 2.29. The van der Waals surface area contributed by atoms with Gasteiger partial charge in [-0.25, -0.2) is 27.4 Å². The zero-order valence-electron chi connectivity index (χ0n) is 23.2. The van der Waals surface area contributed by atoms with Crippen molar-refractivity contribution in [1.29, 1.82) is 5.26 Å². The Bertz CT molecular complexity index is 1530. The third-order valence-electron chi connectivity index (χ3n) is 7.94. The zero-order chi connectivity index (χ0) is 29.2. The van der Waals surface area contributed by atoms with Crippen molar-refractivity contribution in [3.63, 3.8) is 0 Å². The van der Waals surface area contributed by atoms with E-state index in [0.29, 0.717) is 72.0 Å². The molecule has 0 amide bonds. The first-order valence-corrected chi connectivity index (χ1v) is 16.0. The lowest BCUT2D eigenvalue weighted by Gasteiger charge is -2.33. The molecule has 2 fully saturated rings. The van der Waals surface area contributed by atoms with Crippen LogP contribution in [0.15, 0.2) is 36.8 Å². The van der Waals surface area contributed by atoms with Crippen molar-refractivity contribution in [2.24, 2.45) is 0 Å². The number of benzene rings is 1. The van der Waals surface area contributed by atoms with E-state index in [4.69, 9.17) is 11.6 Å². The van der Waals surface area contributed by atoms with Crippen LogP contribution >= 0.6 is 11.6 Å². The van der Waals surface area contributed by atoms with E-state index >= 15 is 0 Å². The predicted octanol–water partition coefficient (Wildman–Crippen LogP) is 3.47. The maximum absolute atomic E-state index is 11.8. The van der Waals surface area contributed by atoms with Crippen LogP contribution in [-0.2, 0) is 16.6 Å². The van der Waals surface area contributed by atoms with E-state index in [1.165, 1.54) is 16.8 Å². The molecule has 218 valence electrons. The van der Waals surface area contributed by atoms with Gasteiger partial charge in [-0.2, -0.15) is 10.4 Å². The van der Waals surface area contributed by atoms with Crippen molar-refractivity contribution < 1.29 is 13.5 Å². The van der Waals surface area contributed by atoms with E-state index in [1.54, 1.807) is 17.1 Å². The standard InChI is InChI=1S/C28H35ClN8O3S/c1-28(38)9-5-22(6-10-28)31-15-19-3-4-25(24(29)13-19)37-18-21(17-33-37)26-20(14-30)16-32-27(35-26)34-23-7-11-36(12-8-23)41(2,39)40/h3-4,13,16-18,22-23,31,38H,5-12,15H2,1-2H3,(H,32,34,35). The Morgan fingerprint density at radius 1 is 1.17 bits per heavy atom. The summed E-state index contributed by atoms with van der Waals surface area (Å²) in [5.41, 5.74) is 2.63. The summed E-state index contributed by atoms with van der Waals surface area (Å²) in [4.78, 5) is 8.91. The van der Waals surface area contributed by atoms with Gasteiger partial charge in [0.2, 0.25) is 16.0 Å². The fourth-order valence-electron chi connectivity index (χ4n) is 5.40. The maximum Gasteiger partial charge on any atom is 0.223 e. The molecule has 1 saturated carbocycles. The average Bonchev–Trinajstić information content (AvgIpc) is 3.42. The topological polar surface area (TPSA) is 149 Å². The third-order valence-corrected chi connectivity index (χ3v) is 9.54. The Morgan fingerprint density at radius 2 is 1.90 bits per heavy atom. The minimum Gasteiger partial charge on any atom is -0.390 e. The van der Waals surface area contributed by atoms with Crippen LogP contribution in [0.2, 0.25) is 5.02 Å². The van der Waals surface area contributed by atoms with Crippen LogP contribution in [0.4, 0.5) is 5.95 Å². The highest BCUT2D eigenvalue weighted by atomic mass is 35.5. The molecule has 41 heavy (non-hydrogen) atoms. The molecule has 2 aliphatic rings. The van der Waals surface area contributed by atoms with Crippen molar-refractivity contribution in [2.75, 3.05) is 24.7 Å². The van der Waals surface area contributed by atoms with E-state index in [-0.39, 0.29) is 6.04 Å². The molecule has 3 N–H and O–H groups in total. The van der Waals surface area contributed by atoms with Crippen LogP contribution in [0.25, 0.3) is 16.9 Å². The van der Waals surface area contributed by atoms with Gasteiger partial charge in [0.15, 0.2) is 0 Å². The second kappa shape index (κ2) is 12.0. The van der Waals surface area contributed by atoms with Crippen molar-refractivity contribution in [2.45, 2.75) is 69.7 Å². The fraction of sp³-hybridized carbons (Fsp3) is 0.500. The normalized spacial score (nSPS) is 22.4. The number of rotatable bonds is 8. The molecule has 13 heteroatoms. The molecule has 1 aromatic carbocycles. The summed E-state index contributed by atoms with van der Waals surface area (Å²) in [6.45, 7) is 3.46. The van der Waals surface area contributed by atoms with Crippen LogP contribution < -0.4 is 10.6 Å². The minimum atomic E-state index is -3.20. The van der Waals surface area contributed by atoms with Gasteiger partial charge >= 0.3 is 0 Å². The molecule has 5 rings (SSSR count). The lowest BCUT2D eigenvalue weighted by Crippen LogP contribution is -2.42. The lowest BCUT2D eigenvalue weighted by molar-refractivity contribution is 0.0140. The number of nitrogens with one attached hydrogen (secondary N) is 2. The molecular weight excluding hydrogens is 564 g/mol. The van der Waals surface area contributed by atoms with E-state index < -0.39 is 15.6 Å². The van der Waals surface area contributed by atoms with Crippen LogP contribution in [0, 0.1) is 11.3 Å². The molecule has 0 bridgehead atoms. The largest absolute Gasteiger partial charge is 0.390 e. The number of halogens is 1. The SMILES string of the molecule is CC1(O)CCC(NCc2ccc(-n3cc(-c4nc(NC5CCN(S(C)(=O)=O)CC5)ncc4C#N)cn3)c(Cl)c2)CC1. The molecule has 0 radical (unpaired) electrons. The summed E-state index contributed by atoms with van der Waals surface area (Å²) in [7, 11) is -3.20. The third kappa shape index (κ3) is 7.23. The van der Waals surface area contributed by atoms with Gasteiger partial charge < -0.3 is 15.7 Å². The first-order chi connectivity index (χ1) is 19.5. The van der Waals surface area contributed by atoms with Gasteiger partial charge in [0, 0.05) is 43.5 Å². The summed E-state index contributed by atoms with van der Waals surface area (Å²) < 4.78 is 26.7. The van der Waals surface area contributed by atoms with Gasteiger partial charge in [-0.3, -0.25) is 0 Å². The molecule has 0 spiro atoms. The van der Waals surface area contributed by atoms with E-state index in [9.17, 15) is 18.8 Å². The average molecular weight is 599 g/mol. The Morgan fingerprint density at radius 3 is 2.56 bits per heavy atom. The molecular formula is C28H35ClN8O3S. The zero-order valence-corrected chi connectivity index (χ0v) is 24.8. The summed E-state index contributed by atoms with van der Waals surface area (Å²) in [6.07, 6.45) is 10.9. The Labute approximate surface area is 245 Å². The maximum atomic E-state index is 11.8. The monoisotopic (exact) mass is 598 g/mol. The number of hydrogen-bond donors (Lipinski definition) is 3. The van der Waals surface area contributed by atoms with Crippen LogP contribution in [0.5, 0.6) is 0 Å². The van der Waals surface area contributed by atoms with Gasteiger partial charge in [-0.15, -0.1) is 0 Å². The van der Waals surface area contributed by atoms with Crippen molar-refractivity contribution in [1.82, 2.24) is 29.4 Å². The van der Waals surface area contributed by atoms with Crippen LogP contribution in [0.3, 0.4) is 0 Å². The van der Waals surface area contributed by atoms with Crippen molar-refractivity contribution >= 4 is 27.6 Å². The van der Waals surface area contributed by atoms with Crippen molar-refractivity contribution in [3.05, 3.63) is 52.9 Å². The number of aliphatic hydroxyl groups is 1. The highest BCUT2D eigenvalue weighted by molar-refractivity contribution is 7.88. The Balaban J connectivity index is 1.26. The first-order valence-electron chi connectivity index (χ1n) is 13.8. The molecule has 0 unspecified atom stereocenters. The minimum absolute atomic E-state index is 0.0244. The van der Waals surface area contributed by atoms with E-state index in [1.807, 2.05) is 25.1 Å². The summed E-state index contributed by atoms with van der Waals surface area (Å²) >= 11 is 6.66. The Hall–Kier alpha value is -3.08. The van der Waals surface area contributed by atoms with Gasteiger partial charge in [0.1, 0.15) is 6.07 Å². The molecule has 3 heterocycles.